The van der Waals surface area contributed by atoms with Crippen molar-refractivity contribution in [2.45, 2.75) is 16.3 Å². The Morgan fingerprint density at radius 2 is 1.20 bits per heavy atom. The summed E-state index contributed by atoms with van der Waals surface area (Å²) >= 11 is 1.19. The minimum absolute atomic E-state index is 0.583. The Hall–Kier alpha value is -1.84. The Kier molecular flexibility index (Phi) is 5.16. The molecule has 0 saturated carbocycles. The van der Waals surface area contributed by atoms with Crippen LogP contribution in [0.4, 0.5) is 0 Å². The van der Waals surface area contributed by atoms with Gasteiger partial charge in [-0.05, 0) is 30.2 Å². The Labute approximate surface area is 151 Å². The van der Waals surface area contributed by atoms with Crippen LogP contribution in [-0.4, -0.2) is 9.79 Å². The van der Waals surface area contributed by atoms with E-state index in [0.29, 0.717) is 11.1 Å². The van der Waals surface area contributed by atoms with Crippen LogP contribution >= 0.6 is 19.4 Å². The van der Waals surface area contributed by atoms with Gasteiger partial charge in [-0.3, -0.25) is 4.57 Å². The van der Waals surface area contributed by atoms with Crippen molar-refractivity contribution in [3.63, 3.8) is 0 Å². The van der Waals surface area contributed by atoms with Gasteiger partial charge in [-0.2, -0.15) is 0 Å². The first-order chi connectivity index (χ1) is 11.9. The van der Waals surface area contributed by atoms with Crippen molar-refractivity contribution < 1.29 is 14.4 Å². The zero-order valence-electron chi connectivity index (χ0n) is 13.7. The monoisotopic (exact) mass is 370 g/mol. The highest BCUT2D eigenvalue weighted by molar-refractivity contribution is 8.06. The molecule has 0 atom stereocenters. The van der Waals surface area contributed by atoms with Crippen LogP contribution in [0, 0.1) is 6.92 Å². The summed E-state index contributed by atoms with van der Waals surface area (Å²) in [7, 11) is -4.56. The van der Waals surface area contributed by atoms with Gasteiger partial charge in [0.25, 0.3) is 0 Å². The number of benzene rings is 3. The molecule has 5 heteroatoms. The molecule has 3 aromatic rings. The zero-order valence-corrected chi connectivity index (χ0v) is 15.5. The van der Waals surface area contributed by atoms with Gasteiger partial charge in [0.15, 0.2) is 4.49 Å². The van der Waals surface area contributed by atoms with E-state index in [1.807, 2.05) is 43.3 Å². The van der Waals surface area contributed by atoms with Crippen LogP contribution in [0.15, 0.2) is 89.8 Å². The van der Waals surface area contributed by atoms with Gasteiger partial charge in [0.05, 0.1) is 0 Å². The molecule has 0 aliphatic carbocycles. The van der Waals surface area contributed by atoms with Crippen molar-refractivity contribution in [1.29, 1.82) is 0 Å². The fourth-order valence-electron chi connectivity index (χ4n) is 2.79. The van der Waals surface area contributed by atoms with Gasteiger partial charge in [0.1, 0.15) is 0 Å². The van der Waals surface area contributed by atoms with Crippen LogP contribution in [-0.2, 0) is 9.05 Å². The molecule has 0 aromatic heterocycles. The van der Waals surface area contributed by atoms with Crippen molar-refractivity contribution in [2.24, 2.45) is 0 Å². The van der Waals surface area contributed by atoms with Crippen molar-refractivity contribution in [1.82, 2.24) is 0 Å². The third kappa shape index (κ3) is 3.58. The third-order valence-electron chi connectivity index (χ3n) is 4.03. The highest BCUT2D eigenvalue weighted by Crippen LogP contribution is 2.68. The molecule has 0 heterocycles. The van der Waals surface area contributed by atoms with Crippen LogP contribution in [0.1, 0.15) is 16.7 Å². The highest BCUT2D eigenvalue weighted by atomic mass is 32.2. The number of thioether (sulfide) groups is 1. The maximum atomic E-state index is 12.8. The fourth-order valence-corrected chi connectivity index (χ4v) is 5.67. The van der Waals surface area contributed by atoms with E-state index in [-0.39, 0.29) is 0 Å². The molecule has 0 aliphatic heterocycles. The predicted octanol–water partition coefficient (Wildman–Crippen LogP) is 5.17. The van der Waals surface area contributed by atoms with Crippen LogP contribution in [0.25, 0.3) is 0 Å². The molecule has 0 amide bonds. The lowest BCUT2D eigenvalue weighted by molar-refractivity contribution is 0.359. The molecule has 3 aromatic carbocycles. The highest BCUT2D eigenvalue weighted by Gasteiger charge is 2.51. The summed E-state index contributed by atoms with van der Waals surface area (Å²) in [6.07, 6.45) is 0. The van der Waals surface area contributed by atoms with Gasteiger partial charge >= 0.3 is 7.60 Å². The number of aryl methyl sites for hydroxylation is 1. The first-order valence-corrected chi connectivity index (χ1v) is 10.3. The Bertz CT molecular complexity index is 834. The summed E-state index contributed by atoms with van der Waals surface area (Å²) in [4.78, 5) is 21.7. The second-order valence-corrected chi connectivity index (χ2v) is 9.18. The van der Waals surface area contributed by atoms with Gasteiger partial charge in [-0.25, -0.2) is 0 Å². The maximum absolute atomic E-state index is 12.8. The Morgan fingerprint density at radius 3 is 1.60 bits per heavy atom. The van der Waals surface area contributed by atoms with E-state index < -0.39 is 12.1 Å². The lowest BCUT2D eigenvalue weighted by Crippen LogP contribution is -2.24. The summed E-state index contributed by atoms with van der Waals surface area (Å²) in [6, 6.07) is 25.7. The lowest BCUT2D eigenvalue weighted by atomic mass is 10.0. The van der Waals surface area contributed by atoms with E-state index in [0.717, 1.165) is 10.5 Å². The van der Waals surface area contributed by atoms with E-state index in [1.165, 1.54) is 11.8 Å². The molecule has 3 nitrogen and oxygen atoms in total. The van der Waals surface area contributed by atoms with Crippen molar-refractivity contribution in [2.75, 3.05) is 0 Å². The van der Waals surface area contributed by atoms with E-state index in [1.54, 1.807) is 48.5 Å². The number of hydrogen-bond acceptors (Lipinski definition) is 2. The zero-order chi connectivity index (χ0) is 17.9. The minimum atomic E-state index is -4.56. The maximum Gasteiger partial charge on any atom is 0.350 e. The standard InChI is InChI=1S/C20H19O3PS/c1-16-12-14-19(15-13-16)25-20(24(21,22)23,17-8-4-2-5-9-17)18-10-6-3-7-11-18/h2-15H,1H3,(H2,21,22,23). The average Bonchev–Trinajstić information content (AvgIpc) is 2.62. The number of rotatable bonds is 5. The van der Waals surface area contributed by atoms with Crippen LogP contribution < -0.4 is 0 Å². The van der Waals surface area contributed by atoms with E-state index in [9.17, 15) is 14.4 Å². The topological polar surface area (TPSA) is 57.5 Å². The minimum Gasteiger partial charge on any atom is -0.323 e. The molecule has 0 fully saturated rings. The summed E-state index contributed by atoms with van der Waals surface area (Å²) in [5.41, 5.74) is 2.27. The second-order valence-electron chi connectivity index (χ2n) is 5.84. The Morgan fingerprint density at radius 1 is 0.760 bits per heavy atom. The van der Waals surface area contributed by atoms with Gasteiger partial charge in [0, 0.05) is 4.90 Å². The number of hydrogen-bond donors (Lipinski definition) is 2. The molecule has 2 N–H and O–H groups in total. The summed E-state index contributed by atoms with van der Waals surface area (Å²) in [5.74, 6) is 0. The molecule has 3 rings (SSSR count). The molecule has 0 saturated heterocycles. The molecule has 0 radical (unpaired) electrons. The molecule has 0 unspecified atom stereocenters. The fraction of sp³-hybridized carbons (Fsp3) is 0.100. The van der Waals surface area contributed by atoms with Crippen LogP contribution in [0.2, 0.25) is 0 Å². The molecule has 128 valence electrons. The van der Waals surface area contributed by atoms with E-state index in [4.69, 9.17) is 0 Å². The summed E-state index contributed by atoms with van der Waals surface area (Å²) < 4.78 is 11.3. The molecule has 25 heavy (non-hydrogen) atoms. The summed E-state index contributed by atoms with van der Waals surface area (Å²) in [6.45, 7) is 1.99. The smallest absolute Gasteiger partial charge is 0.323 e. The van der Waals surface area contributed by atoms with Gasteiger partial charge in [-0.1, -0.05) is 90.1 Å². The molecular formula is C20H19O3PS. The molecule has 0 bridgehead atoms. The normalized spacial score (nSPS) is 12.1. The van der Waals surface area contributed by atoms with Gasteiger partial charge in [0.2, 0.25) is 0 Å². The van der Waals surface area contributed by atoms with E-state index >= 15 is 0 Å². The first kappa shape index (κ1) is 18.0. The lowest BCUT2D eigenvalue weighted by Gasteiger charge is -2.34. The largest absolute Gasteiger partial charge is 0.350 e. The molecule has 0 aliphatic rings. The van der Waals surface area contributed by atoms with E-state index in [2.05, 4.69) is 0 Å². The van der Waals surface area contributed by atoms with Crippen LogP contribution in [0.5, 0.6) is 0 Å². The Balaban J connectivity index is 2.25. The quantitative estimate of drug-likeness (QED) is 0.481. The van der Waals surface area contributed by atoms with Crippen LogP contribution in [0.3, 0.4) is 0 Å². The average molecular weight is 370 g/mol. The van der Waals surface area contributed by atoms with Gasteiger partial charge < -0.3 is 9.79 Å². The second kappa shape index (κ2) is 7.19. The van der Waals surface area contributed by atoms with Gasteiger partial charge in [-0.15, -0.1) is 0 Å². The molecule has 0 spiro atoms. The first-order valence-electron chi connectivity index (χ1n) is 7.86. The van der Waals surface area contributed by atoms with Crippen molar-refractivity contribution in [3.05, 3.63) is 102 Å². The third-order valence-corrected chi connectivity index (χ3v) is 7.63. The van der Waals surface area contributed by atoms with Crippen molar-refractivity contribution in [3.8, 4) is 0 Å². The molecular weight excluding hydrogens is 351 g/mol. The predicted molar refractivity (Wildman–Crippen MR) is 103 cm³/mol. The summed E-state index contributed by atoms with van der Waals surface area (Å²) in [5, 5.41) is 0. The van der Waals surface area contributed by atoms with Crippen molar-refractivity contribution >= 4 is 19.4 Å². The SMILES string of the molecule is Cc1ccc(SC(c2ccccc2)(c2ccccc2)P(=O)(O)O)cc1.